The van der Waals surface area contributed by atoms with Crippen molar-refractivity contribution < 1.29 is 18.8 Å². The van der Waals surface area contributed by atoms with Crippen molar-refractivity contribution in [2.45, 2.75) is 58.0 Å². The van der Waals surface area contributed by atoms with Crippen molar-refractivity contribution in [3.63, 3.8) is 0 Å². The van der Waals surface area contributed by atoms with Crippen LogP contribution in [-0.2, 0) is 25.2 Å². The molecule has 0 aliphatic carbocycles. The van der Waals surface area contributed by atoms with E-state index in [4.69, 9.17) is 18.8 Å². The summed E-state index contributed by atoms with van der Waals surface area (Å²) in [5, 5.41) is 0. The van der Waals surface area contributed by atoms with E-state index >= 15 is 0 Å². The molecule has 3 aliphatic heterocycles. The molecular formula is C19H27BO4. The van der Waals surface area contributed by atoms with Crippen molar-refractivity contribution in [2.24, 2.45) is 11.8 Å². The summed E-state index contributed by atoms with van der Waals surface area (Å²) in [6.45, 7) is 9.99. The van der Waals surface area contributed by atoms with Gasteiger partial charge in [-0.1, -0.05) is 24.3 Å². The van der Waals surface area contributed by atoms with Gasteiger partial charge in [-0.3, -0.25) is 0 Å². The maximum atomic E-state index is 6.12. The number of benzene rings is 1. The lowest BCUT2D eigenvalue weighted by Gasteiger charge is -2.32. The second kappa shape index (κ2) is 5.84. The highest BCUT2D eigenvalue weighted by Gasteiger charge is 2.51. The Bertz CT molecular complexity index is 582. The van der Waals surface area contributed by atoms with Crippen LogP contribution in [0.4, 0.5) is 0 Å². The van der Waals surface area contributed by atoms with Crippen molar-refractivity contribution in [3.05, 3.63) is 29.8 Å². The van der Waals surface area contributed by atoms with Crippen molar-refractivity contribution >= 4 is 12.6 Å². The number of rotatable bonds is 3. The molecule has 4 nitrogen and oxygen atoms in total. The van der Waals surface area contributed by atoms with Crippen LogP contribution in [0.25, 0.3) is 0 Å². The van der Waals surface area contributed by atoms with Gasteiger partial charge in [0.25, 0.3) is 0 Å². The molecule has 0 unspecified atom stereocenters. The highest BCUT2D eigenvalue weighted by molar-refractivity contribution is 6.62. The fraction of sp³-hybridized carbons (Fsp3) is 0.684. The lowest BCUT2D eigenvalue weighted by atomic mass is 9.78. The second-order valence-electron chi connectivity index (χ2n) is 8.32. The van der Waals surface area contributed by atoms with Crippen LogP contribution in [-0.4, -0.2) is 37.8 Å². The van der Waals surface area contributed by atoms with E-state index in [9.17, 15) is 0 Å². The van der Waals surface area contributed by atoms with Gasteiger partial charge in [0.2, 0.25) is 0 Å². The summed E-state index contributed by atoms with van der Waals surface area (Å²) in [7, 11) is -0.286. The molecule has 0 N–H and O–H groups in total. The molecule has 3 atom stereocenters. The van der Waals surface area contributed by atoms with Gasteiger partial charge in [-0.25, -0.2) is 0 Å². The predicted octanol–water partition coefficient (Wildman–Crippen LogP) is 2.54. The summed E-state index contributed by atoms with van der Waals surface area (Å²) < 4.78 is 23.6. The summed E-state index contributed by atoms with van der Waals surface area (Å²) >= 11 is 0. The van der Waals surface area contributed by atoms with Gasteiger partial charge < -0.3 is 18.8 Å². The molecule has 0 aromatic heterocycles. The summed E-state index contributed by atoms with van der Waals surface area (Å²) in [5.74, 6) is 1.13. The first-order valence-corrected chi connectivity index (χ1v) is 9.03. The average Bonchev–Trinajstić information content (AvgIpc) is 3.16. The van der Waals surface area contributed by atoms with Crippen molar-refractivity contribution in [1.29, 1.82) is 0 Å². The molecular weight excluding hydrogens is 303 g/mol. The average molecular weight is 330 g/mol. The third kappa shape index (κ3) is 2.82. The minimum atomic E-state index is -0.297. The maximum Gasteiger partial charge on any atom is 0.494 e. The topological polar surface area (TPSA) is 36.9 Å². The third-order valence-corrected chi connectivity index (χ3v) is 6.17. The van der Waals surface area contributed by atoms with Crippen LogP contribution in [0, 0.1) is 11.8 Å². The quantitative estimate of drug-likeness (QED) is 0.798. The molecule has 130 valence electrons. The van der Waals surface area contributed by atoms with Gasteiger partial charge in [0.1, 0.15) is 0 Å². The maximum absolute atomic E-state index is 6.12. The highest BCUT2D eigenvalue weighted by atomic mass is 16.7. The normalized spacial score (nSPS) is 33.8. The van der Waals surface area contributed by atoms with Gasteiger partial charge in [0.15, 0.2) is 6.29 Å². The van der Waals surface area contributed by atoms with Crippen LogP contribution >= 0.6 is 0 Å². The van der Waals surface area contributed by atoms with Gasteiger partial charge in [0.05, 0.1) is 24.4 Å². The fourth-order valence-electron chi connectivity index (χ4n) is 3.85. The Hall–Kier alpha value is -0.875. The predicted molar refractivity (Wildman–Crippen MR) is 93.2 cm³/mol. The molecule has 4 rings (SSSR count). The summed E-state index contributed by atoms with van der Waals surface area (Å²) in [6, 6.07) is 8.67. The number of fused-ring (bicyclic) bond motifs is 1. The molecule has 0 radical (unpaired) electrons. The Morgan fingerprint density at radius 2 is 1.67 bits per heavy atom. The first kappa shape index (κ1) is 16.6. The smallest absolute Gasteiger partial charge is 0.399 e. The molecule has 0 amide bonds. The number of hydrogen-bond donors (Lipinski definition) is 0. The van der Waals surface area contributed by atoms with E-state index in [0.717, 1.165) is 31.5 Å². The summed E-state index contributed by atoms with van der Waals surface area (Å²) in [5.41, 5.74) is 1.84. The fourth-order valence-corrected chi connectivity index (χ4v) is 3.85. The minimum Gasteiger partial charge on any atom is -0.399 e. The van der Waals surface area contributed by atoms with Crippen LogP contribution in [0.3, 0.4) is 0 Å². The summed E-state index contributed by atoms with van der Waals surface area (Å²) in [4.78, 5) is 0. The molecule has 0 spiro atoms. The van der Waals surface area contributed by atoms with Gasteiger partial charge in [-0.2, -0.15) is 0 Å². The Kier molecular flexibility index (Phi) is 4.03. The zero-order chi connectivity index (χ0) is 16.9. The van der Waals surface area contributed by atoms with Crippen molar-refractivity contribution in [3.8, 4) is 0 Å². The first-order valence-electron chi connectivity index (χ1n) is 9.03. The highest BCUT2D eigenvalue weighted by Crippen LogP contribution is 2.38. The molecule has 0 saturated carbocycles. The number of ether oxygens (including phenoxy) is 2. The molecule has 3 heterocycles. The van der Waals surface area contributed by atoms with Crippen LogP contribution in [0.2, 0.25) is 0 Å². The standard InChI is InChI=1S/C19H27BO4/c1-18(2)19(3,4)24-20(23-18)15-7-5-13(6-8-15)11-14-12-22-17-16(14)9-10-21-17/h5-8,14,16-17H,9-12H2,1-4H3/t14-,16-,17+/m0/s1. The van der Waals surface area contributed by atoms with E-state index in [1.807, 2.05) is 0 Å². The van der Waals surface area contributed by atoms with Crippen molar-refractivity contribution in [1.82, 2.24) is 0 Å². The van der Waals surface area contributed by atoms with E-state index in [2.05, 4.69) is 52.0 Å². The van der Waals surface area contributed by atoms with Gasteiger partial charge in [-0.15, -0.1) is 0 Å². The van der Waals surface area contributed by atoms with Crippen LogP contribution in [0.1, 0.15) is 39.7 Å². The zero-order valence-electron chi connectivity index (χ0n) is 15.1. The van der Waals surface area contributed by atoms with E-state index in [-0.39, 0.29) is 24.6 Å². The minimum absolute atomic E-state index is 0.0408. The second-order valence-corrected chi connectivity index (χ2v) is 8.32. The first-order chi connectivity index (χ1) is 11.4. The largest absolute Gasteiger partial charge is 0.494 e. The van der Waals surface area contributed by atoms with Crippen LogP contribution < -0.4 is 5.46 Å². The molecule has 1 aromatic rings. The molecule has 3 aliphatic rings. The summed E-state index contributed by atoms with van der Waals surface area (Å²) in [6.07, 6.45) is 2.22. The Morgan fingerprint density at radius 1 is 1.00 bits per heavy atom. The van der Waals surface area contributed by atoms with E-state index in [1.165, 1.54) is 5.56 Å². The molecule has 5 heteroatoms. The lowest BCUT2D eigenvalue weighted by molar-refractivity contribution is -0.0905. The van der Waals surface area contributed by atoms with Gasteiger partial charge in [-0.05, 0) is 57.5 Å². The van der Waals surface area contributed by atoms with Gasteiger partial charge >= 0.3 is 7.12 Å². The Morgan fingerprint density at radius 3 is 2.33 bits per heavy atom. The monoisotopic (exact) mass is 330 g/mol. The Labute approximate surface area is 145 Å². The van der Waals surface area contributed by atoms with Gasteiger partial charge in [0, 0.05) is 5.92 Å². The molecule has 1 aromatic carbocycles. The van der Waals surface area contributed by atoms with E-state index < -0.39 is 0 Å². The van der Waals surface area contributed by atoms with Crippen LogP contribution in [0.5, 0.6) is 0 Å². The van der Waals surface area contributed by atoms with E-state index in [0.29, 0.717) is 11.8 Å². The SMILES string of the molecule is CC1(C)OB(c2ccc(C[C@H]3CO[C@H]4OCC[C@@H]34)cc2)OC1(C)C. The Balaban J connectivity index is 1.42. The zero-order valence-corrected chi connectivity index (χ0v) is 15.1. The van der Waals surface area contributed by atoms with Crippen molar-refractivity contribution in [2.75, 3.05) is 13.2 Å². The number of hydrogen-bond acceptors (Lipinski definition) is 4. The molecule has 3 fully saturated rings. The molecule has 24 heavy (non-hydrogen) atoms. The molecule has 3 saturated heterocycles. The third-order valence-electron chi connectivity index (χ3n) is 6.17. The van der Waals surface area contributed by atoms with E-state index in [1.54, 1.807) is 0 Å². The molecule has 0 bridgehead atoms. The van der Waals surface area contributed by atoms with Crippen LogP contribution in [0.15, 0.2) is 24.3 Å². The lowest BCUT2D eigenvalue weighted by Crippen LogP contribution is -2.41.